The van der Waals surface area contributed by atoms with Gasteiger partial charge in [0.1, 0.15) is 6.54 Å². The van der Waals surface area contributed by atoms with Crippen LogP contribution in [0.3, 0.4) is 0 Å². The van der Waals surface area contributed by atoms with Gasteiger partial charge in [-0.05, 0) is 25.8 Å². The molecular formula is C14H21N3O3. The highest BCUT2D eigenvalue weighted by molar-refractivity contribution is 6.07. The first-order chi connectivity index (χ1) is 9.66. The molecule has 3 unspecified atom stereocenters. The van der Waals surface area contributed by atoms with Crippen molar-refractivity contribution >= 4 is 17.7 Å². The Morgan fingerprint density at radius 2 is 1.80 bits per heavy atom. The summed E-state index contributed by atoms with van der Waals surface area (Å²) in [5, 5.41) is 6.05. The normalized spacial score (nSPS) is 33.4. The third-order valence-corrected chi connectivity index (χ3v) is 4.66. The Kier molecular flexibility index (Phi) is 3.74. The summed E-state index contributed by atoms with van der Waals surface area (Å²) >= 11 is 0. The second kappa shape index (κ2) is 5.52. The molecule has 3 aliphatic rings. The van der Waals surface area contributed by atoms with E-state index in [4.69, 9.17) is 0 Å². The zero-order valence-corrected chi connectivity index (χ0v) is 11.6. The van der Waals surface area contributed by atoms with Crippen LogP contribution in [0.15, 0.2) is 0 Å². The number of likely N-dealkylation sites (tertiary alicyclic amines) is 1. The van der Waals surface area contributed by atoms with Crippen LogP contribution in [0, 0.1) is 11.8 Å². The number of imide groups is 1. The molecule has 1 saturated carbocycles. The summed E-state index contributed by atoms with van der Waals surface area (Å²) in [4.78, 5) is 37.6. The van der Waals surface area contributed by atoms with Crippen molar-refractivity contribution in [1.82, 2.24) is 15.5 Å². The van der Waals surface area contributed by atoms with Gasteiger partial charge in [0.15, 0.2) is 0 Å². The van der Waals surface area contributed by atoms with Gasteiger partial charge in [0.2, 0.25) is 17.7 Å². The van der Waals surface area contributed by atoms with E-state index in [1.165, 1.54) is 4.90 Å². The van der Waals surface area contributed by atoms with Crippen molar-refractivity contribution in [2.45, 2.75) is 38.1 Å². The molecule has 6 nitrogen and oxygen atoms in total. The van der Waals surface area contributed by atoms with Gasteiger partial charge in [-0.15, -0.1) is 0 Å². The molecule has 0 aromatic rings. The minimum atomic E-state index is -0.223. The Morgan fingerprint density at radius 3 is 2.35 bits per heavy atom. The van der Waals surface area contributed by atoms with E-state index in [0.717, 1.165) is 45.2 Å². The molecule has 0 radical (unpaired) electrons. The van der Waals surface area contributed by atoms with Crippen LogP contribution in [0.4, 0.5) is 0 Å². The second-order valence-electron chi connectivity index (χ2n) is 6.02. The molecule has 3 rings (SSSR count). The molecule has 2 saturated heterocycles. The number of amides is 3. The van der Waals surface area contributed by atoms with Crippen molar-refractivity contribution in [3.63, 3.8) is 0 Å². The third kappa shape index (κ3) is 2.44. The highest BCUT2D eigenvalue weighted by Gasteiger charge is 2.48. The quantitative estimate of drug-likeness (QED) is 0.692. The molecule has 1 aliphatic carbocycles. The van der Waals surface area contributed by atoms with E-state index in [1.54, 1.807) is 0 Å². The fourth-order valence-electron chi connectivity index (χ4n) is 3.58. The van der Waals surface area contributed by atoms with Crippen molar-refractivity contribution < 1.29 is 14.4 Å². The Balaban J connectivity index is 1.60. The van der Waals surface area contributed by atoms with E-state index in [-0.39, 0.29) is 42.1 Å². The van der Waals surface area contributed by atoms with E-state index < -0.39 is 0 Å². The third-order valence-electron chi connectivity index (χ3n) is 4.66. The molecule has 0 aromatic heterocycles. The van der Waals surface area contributed by atoms with E-state index in [9.17, 15) is 14.4 Å². The molecule has 6 heteroatoms. The number of hydrogen-bond donors (Lipinski definition) is 2. The van der Waals surface area contributed by atoms with Gasteiger partial charge in [0.25, 0.3) is 0 Å². The standard InChI is InChI=1S/C14H21N3O3/c18-12(16-9-5-6-15-7-9)8-17-13(19)10-3-1-2-4-11(10)14(17)20/h9-11,15H,1-8H2,(H,16,18). The molecule has 0 bridgehead atoms. The summed E-state index contributed by atoms with van der Waals surface area (Å²) in [6.07, 6.45) is 4.50. The maximum absolute atomic E-state index is 12.2. The highest BCUT2D eigenvalue weighted by atomic mass is 16.2. The van der Waals surface area contributed by atoms with E-state index >= 15 is 0 Å². The highest BCUT2D eigenvalue weighted by Crippen LogP contribution is 2.37. The topological polar surface area (TPSA) is 78.5 Å². The van der Waals surface area contributed by atoms with Gasteiger partial charge < -0.3 is 10.6 Å². The van der Waals surface area contributed by atoms with Crippen LogP contribution in [-0.2, 0) is 14.4 Å². The smallest absolute Gasteiger partial charge is 0.240 e. The molecule has 3 fully saturated rings. The summed E-state index contributed by atoms with van der Waals surface area (Å²) in [5.41, 5.74) is 0. The van der Waals surface area contributed by atoms with E-state index in [1.807, 2.05) is 0 Å². The van der Waals surface area contributed by atoms with Crippen molar-refractivity contribution in [2.75, 3.05) is 19.6 Å². The van der Waals surface area contributed by atoms with Gasteiger partial charge in [-0.2, -0.15) is 0 Å². The van der Waals surface area contributed by atoms with Crippen LogP contribution in [0.5, 0.6) is 0 Å². The minimum absolute atomic E-state index is 0.110. The Labute approximate surface area is 118 Å². The number of carbonyl (C=O) groups excluding carboxylic acids is 3. The SMILES string of the molecule is O=C(CN1C(=O)C2CCCCC2C1=O)NC1CCNC1. The molecule has 2 aliphatic heterocycles. The van der Waals surface area contributed by atoms with Crippen molar-refractivity contribution in [3.05, 3.63) is 0 Å². The van der Waals surface area contributed by atoms with Gasteiger partial charge in [-0.3, -0.25) is 19.3 Å². The molecule has 2 heterocycles. The summed E-state index contributed by atoms with van der Waals surface area (Å²) in [6, 6.07) is 0.123. The molecule has 0 aromatic carbocycles. The number of nitrogens with zero attached hydrogens (tertiary/aromatic N) is 1. The van der Waals surface area contributed by atoms with Gasteiger partial charge in [-0.1, -0.05) is 12.8 Å². The first kappa shape index (κ1) is 13.5. The number of fused-ring (bicyclic) bond motifs is 1. The Morgan fingerprint density at radius 1 is 1.15 bits per heavy atom. The Bertz CT molecular complexity index is 407. The monoisotopic (exact) mass is 279 g/mol. The zero-order chi connectivity index (χ0) is 14.1. The lowest BCUT2D eigenvalue weighted by atomic mass is 9.81. The fourth-order valence-corrected chi connectivity index (χ4v) is 3.58. The first-order valence-corrected chi connectivity index (χ1v) is 7.52. The molecule has 3 atom stereocenters. The average molecular weight is 279 g/mol. The summed E-state index contributed by atoms with van der Waals surface area (Å²) in [7, 11) is 0. The molecule has 20 heavy (non-hydrogen) atoms. The number of rotatable bonds is 3. The maximum atomic E-state index is 12.2. The predicted molar refractivity (Wildman–Crippen MR) is 71.6 cm³/mol. The lowest BCUT2D eigenvalue weighted by Crippen LogP contribution is -2.45. The van der Waals surface area contributed by atoms with Crippen molar-refractivity contribution in [3.8, 4) is 0 Å². The van der Waals surface area contributed by atoms with Gasteiger partial charge in [0, 0.05) is 12.6 Å². The summed E-state index contributed by atoms with van der Waals surface area (Å²) < 4.78 is 0. The van der Waals surface area contributed by atoms with Crippen molar-refractivity contribution in [2.24, 2.45) is 11.8 Å². The molecule has 2 N–H and O–H groups in total. The average Bonchev–Trinajstić information content (AvgIpc) is 3.03. The number of hydrogen-bond acceptors (Lipinski definition) is 4. The molecule has 110 valence electrons. The van der Waals surface area contributed by atoms with Crippen LogP contribution >= 0.6 is 0 Å². The van der Waals surface area contributed by atoms with Crippen LogP contribution in [0.2, 0.25) is 0 Å². The lowest BCUT2D eigenvalue weighted by Gasteiger charge is -2.19. The second-order valence-corrected chi connectivity index (χ2v) is 6.02. The largest absolute Gasteiger partial charge is 0.350 e. The number of nitrogens with one attached hydrogen (secondary N) is 2. The van der Waals surface area contributed by atoms with Crippen LogP contribution in [0.1, 0.15) is 32.1 Å². The van der Waals surface area contributed by atoms with Crippen LogP contribution in [0.25, 0.3) is 0 Å². The van der Waals surface area contributed by atoms with Gasteiger partial charge in [0.05, 0.1) is 11.8 Å². The van der Waals surface area contributed by atoms with Crippen molar-refractivity contribution in [1.29, 1.82) is 0 Å². The first-order valence-electron chi connectivity index (χ1n) is 7.52. The maximum Gasteiger partial charge on any atom is 0.240 e. The fraction of sp³-hybridized carbons (Fsp3) is 0.786. The zero-order valence-electron chi connectivity index (χ0n) is 11.6. The molecular weight excluding hydrogens is 258 g/mol. The minimum Gasteiger partial charge on any atom is -0.350 e. The van der Waals surface area contributed by atoms with Crippen LogP contribution < -0.4 is 10.6 Å². The summed E-state index contributed by atoms with van der Waals surface area (Å²) in [6.45, 7) is 1.55. The van der Waals surface area contributed by atoms with Gasteiger partial charge >= 0.3 is 0 Å². The summed E-state index contributed by atoms with van der Waals surface area (Å²) in [5.74, 6) is -0.841. The Hall–Kier alpha value is -1.43. The van der Waals surface area contributed by atoms with E-state index in [2.05, 4.69) is 10.6 Å². The number of carbonyl (C=O) groups is 3. The molecule has 0 spiro atoms. The molecule has 3 amide bonds. The van der Waals surface area contributed by atoms with Gasteiger partial charge in [-0.25, -0.2) is 0 Å². The van der Waals surface area contributed by atoms with Crippen LogP contribution in [-0.4, -0.2) is 48.3 Å². The lowest BCUT2D eigenvalue weighted by molar-refractivity contribution is -0.143. The predicted octanol–water partition coefficient (Wildman–Crippen LogP) is -0.360. The van der Waals surface area contributed by atoms with E-state index in [0.29, 0.717) is 0 Å².